The Labute approximate surface area is 163 Å². The third-order valence-corrected chi connectivity index (χ3v) is 4.71. The fourth-order valence-electron chi connectivity index (χ4n) is 3.25. The second-order valence-electron chi connectivity index (χ2n) is 6.68. The molecule has 2 N–H and O–H groups in total. The van der Waals surface area contributed by atoms with Gasteiger partial charge in [0.15, 0.2) is 0 Å². The first-order valence-corrected chi connectivity index (χ1v) is 9.22. The standard InChI is InChI=1S/C21H23FN2O4/c1-27-20(25)18-4-2-3-5-19(18)24-21(26)23-15-8-12-17(13-9-15)28-16-10-6-14(22)7-11-16/h2-7,10-11,15,17H,8-9,12-13H2,1H3,(H2,23,24,26)/t15-,17+. The van der Waals surface area contributed by atoms with E-state index in [4.69, 9.17) is 9.47 Å². The summed E-state index contributed by atoms with van der Waals surface area (Å²) in [5.41, 5.74) is 0.705. The van der Waals surface area contributed by atoms with Gasteiger partial charge in [0.05, 0.1) is 24.5 Å². The van der Waals surface area contributed by atoms with Crippen molar-refractivity contribution in [2.24, 2.45) is 0 Å². The molecule has 0 spiro atoms. The highest BCUT2D eigenvalue weighted by Crippen LogP contribution is 2.24. The first-order valence-electron chi connectivity index (χ1n) is 9.22. The lowest BCUT2D eigenvalue weighted by molar-refractivity contribution is 0.0602. The molecule has 28 heavy (non-hydrogen) atoms. The highest BCUT2D eigenvalue weighted by atomic mass is 19.1. The number of anilines is 1. The molecule has 2 aromatic rings. The topological polar surface area (TPSA) is 76.7 Å². The number of nitrogens with one attached hydrogen (secondary N) is 2. The first kappa shape index (κ1) is 19.7. The molecule has 6 nitrogen and oxygen atoms in total. The van der Waals surface area contributed by atoms with E-state index in [2.05, 4.69) is 10.6 Å². The van der Waals surface area contributed by atoms with Gasteiger partial charge in [0.25, 0.3) is 0 Å². The lowest BCUT2D eigenvalue weighted by Crippen LogP contribution is -2.41. The van der Waals surface area contributed by atoms with E-state index >= 15 is 0 Å². The smallest absolute Gasteiger partial charge is 0.339 e. The zero-order valence-electron chi connectivity index (χ0n) is 15.6. The molecular formula is C21H23FN2O4. The summed E-state index contributed by atoms with van der Waals surface area (Å²) in [5.74, 6) is -0.149. The maximum Gasteiger partial charge on any atom is 0.339 e. The number of carbonyl (C=O) groups excluding carboxylic acids is 2. The Hall–Kier alpha value is -3.09. The first-order chi connectivity index (χ1) is 13.5. The van der Waals surface area contributed by atoms with Crippen LogP contribution in [0, 0.1) is 5.82 Å². The number of para-hydroxylation sites is 1. The largest absolute Gasteiger partial charge is 0.490 e. The highest BCUT2D eigenvalue weighted by molar-refractivity contribution is 6.00. The van der Waals surface area contributed by atoms with Crippen LogP contribution in [0.25, 0.3) is 0 Å². The second-order valence-corrected chi connectivity index (χ2v) is 6.68. The van der Waals surface area contributed by atoms with Crippen molar-refractivity contribution in [3.05, 3.63) is 59.9 Å². The SMILES string of the molecule is COC(=O)c1ccccc1NC(=O)N[C@H]1CC[C@@H](Oc2ccc(F)cc2)CC1. The van der Waals surface area contributed by atoms with Crippen LogP contribution in [-0.4, -0.2) is 31.3 Å². The van der Waals surface area contributed by atoms with Crippen LogP contribution in [0.2, 0.25) is 0 Å². The molecule has 7 heteroatoms. The molecule has 1 saturated carbocycles. The van der Waals surface area contributed by atoms with Gasteiger partial charge in [0.1, 0.15) is 11.6 Å². The van der Waals surface area contributed by atoms with Crippen LogP contribution in [0.3, 0.4) is 0 Å². The van der Waals surface area contributed by atoms with Crippen molar-refractivity contribution in [3.63, 3.8) is 0 Å². The van der Waals surface area contributed by atoms with Crippen LogP contribution in [-0.2, 0) is 4.74 Å². The molecule has 1 aliphatic carbocycles. The van der Waals surface area contributed by atoms with Crippen molar-refractivity contribution in [1.29, 1.82) is 0 Å². The van der Waals surface area contributed by atoms with Crippen LogP contribution < -0.4 is 15.4 Å². The fraction of sp³-hybridized carbons (Fsp3) is 0.333. The number of hydrogen-bond acceptors (Lipinski definition) is 4. The van der Waals surface area contributed by atoms with Gasteiger partial charge in [0, 0.05) is 6.04 Å². The molecule has 148 valence electrons. The van der Waals surface area contributed by atoms with E-state index in [0.29, 0.717) is 17.0 Å². The second kappa shape index (κ2) is 9.21. The molecule has 0 bridgehead atoms. The van der Waals surface area contributed by atoms with Crippen molar-refractivity contribution < 1.29 is 23.5 Å². The molecule has 0 heterocycles. The lowest BCUT2D eigenvalue weighted by atomic mass is 9.93. The number of ether oxygens (including phenoxy) is 2. The highest BCUT2D eigenvalue weighted by Gasteiger charge is 2.24. The van der Waals surface area contributed by atoms with E-state index in [1.165, 1.54) is 19.2 Å². The summed E-state index contributed by atoms with van der Waals surface area (Å²) in [6.45, 7) is 0. The Kier molecular flexibility index (Phi) is 6.47. The minimum atomic E-state index is -0.505. The Bertz CT molecular complexity index is 817. The molecule has 0 saturated heterocycles. The fourth-order valence-corrected chi connectivity index (χ4v) is 3.25. The Morgan fingerprint density at radius 1 is 1.00 bits per heavy atom. The van der Waals surface area contributed by atoms with Gasteiger partial charge in [-0.2, -0.15) is 0 Å². The van der Waals surface area contributed by atoms with E-state index < -0.39 is 5.97 Å². The number of carbonyl (C=O) groups is 2. The van der Waals surface area contributed by atoms with Crippen LogP contribution in [0.4, 0.5) is 14.9 Å². The molecule has 2 aromatic carbocycles. The van der Waals surface area contributed by atoms with Gasteiger partial charge in [0.2, 0.25) is 0 Å². The summed E-state index contributed by atoms with van der Waals surface area (Å²) in [5, 5.41) is 5.65. The summed E-state index contributed by atoms with van der Waals surface area (Å²) >= 11 is 0. The van der Waals surface area contributed by atoms with Gasteiger partial charge in [-0.05, 0) is 62.1 Å². The zero-order chi connectivity index (χ0) is 19.9. The number of benzene rings is 2. The third kappa shape index (κ3) is 5.22. The normalized spacial score (nSPS) is 18.8. The molecular weight excluding hydrogens is 363 g/mol. The third-order valence-electron chi connectivity index (χ3n) is 4.71. The minimum Gasteiger partial charge on any atom is -0.490 e. The molecule has 0 atom stereocenters. The van der Waals surface area contributed by atoms with E-state index in [0.717, 1.165) is 25.7 Å². The maximum absolute atomic E-state index is 13.0. The molecule has 0 radical (unpaired) electrons. The Morgan fingerprint density at radius 3 is 2.36 bits per heavy atom. The van der Waals surface area contributed by atoms with E-state index in [1.54, 1.807) is 36.4 Å². The lowest BCUT2D eigenvalue weighted by Gasteiger charge is -2.29. The molecule has 0 unspecified atom stereocenters. The number of amides is 2. The quantitative estimate of drug-likeness (QED) is 0.758. The maximum atomic E-state index is 13.0. The van der Waals surface area contributed by atoms with Gasteiger partial charge in [-0.15, -0.1) is 0 Å². The van der Waals surface area contributed by atoms with Crippen LogP contribution >= 0.6 is 0 Å². The summed E-state index contributed by atoms with van der Waals surface area (Å²) in [4.78, 5) is 24.1. The van der Waals surface area contributed by atoms with E-state index in [1.807, 2.05) is 0 Å². The molecule has 2 amide bonds. The number of esters is 1. The van der Waals surface area contributed by atoms with Gasteiger partial charge >= 0.3 is 12.0 Å². The van der Waals surface area contributed by atoms with Gasteiger partial charge in [-0.3, -0.25) is 0 Å². The van der Waals surface area contributed by atoms with Crippen molar-refractivity contribution in [2.45, 2.75) is 37.8 Å². The van der Waals surface area contributed by atoms with Crippen molar-refractivity contribution in [1.82, 2.24) is 5.32 Å². The van der Waals surface area contributed by atoms with E-state index in [9.17, 15) is 14.0 Å². The average molecular weight is 386 g/mol. The molecule has 0 aliphatic heterocycles. The molecule has 1 aliphatic rings. The number of hydrogen-bond donors (Lipinski definition) is 2. The van der Waals surface area contributed by atoms with Crippen LogP contribution in [0.1, 0.15) is 36.0 Å². The summed E-state index contributed by atoms with van der Waals surface area (Å²) < 4.78 is 23.6. The summed E-state index contributed by atoms with van der Waals surface area (Å²) in [6, 6.07) is 12.3. The monoisotopic (exact) mass is 386 g/mol. The van der Waals surface area contributed by atoms with Crippen LogP contribution in [0.5, 0.6) is 5.75 Å². The van der Waals surface area contributed by atoms with Crippen molar-refractivity contribution >= 4 is 17.7 Å². The predicted octanol–water partition coefficient (Wildman–Crippen LogP) is 4.12. The van der Waals surface area contributed by atoms with Crippen molar-refractivity contribution in [3.8, 4) is 5.75 Å². The summed E-state index contributed by atoms with van der Waals surface area (Å²) in [7, 11) is 1.30. The average Bonchev–Trinajstić information content (AvgIpc) is 2.71. The molecule has 1 fully saturated rings. The Balaban J connectivity index is 1.48. The number of methoxy groups -OCH3 is 1. The Morgan fingerprint density at radius 2 is 1.68 bits per heavy atom. The number of halogens is 1. The van der Waals surface area contributed by atoms with Gasteiger partial charge < -0.3 is 20.1 Å². The number of rotatable bonds is 5. The van der Waals surface area contributed by atoms with E-state index in [-0.39, 0.29) is 24.0 Å². The van der Waals surface area contributed by atoms with Gasteiger partial charge in [-0.1, -0.05) is 12.1 Å². The molecule has 0 aromatic heterocycles. The van der Waals surface area contributed by atoms with Crippen LogP contribution in [0.15, 0.2) is 48.5 Å². The minimum absolute atomic E-state index is 0.0263. The summed E-state index contributed by atoms with van der Waals surface area (Å²) in [6.07, 6.45) is 3.18. The number of urea groups is 1. The predicted molar refractivity (Wildman–Crippen MR) is 103 cm³/mol. The molecule has 3 rings (SSSR count). The zero-order valence-corrected chi connectivity index (χ0v) is 15.6. The van der Waals surface area contributed by atoms with Gasteiger partial charge in [-0.25, -0.2) is 14.0 Å². The van der Waals surface area contributed by atoms with Crippen molar-refractivity contribution in [2.75, 3.05) is 12.4 Å².